The molecule has 0 aliphatic carbocycles. The summed E-state index contributed by atoms with van der Waals surface area (Å²) in [6.45, 7) is 3.14. The van der Waals surface area contributed by atoms with Crippen molar-refractivity contribution in [1.29, 1.82) is 0 Å². The topological polar surface area (TPSA) is 60.0 Å². The normalized spacial score (nSPS) is 23.0. The van der Waals surface area contributed by atoms with Gasteiger partial charge in [0.05, 0.1) is 21.3 Å². The molecule has 0 radical (unpaired) electrons. The van der Waals surface area contributed by atoms with Gasteiger partial charge in [-0.2, -0.15) is 0 Å². The highest BCUT2D eigenvalue weighted by Gasteiger charge is 2.33. The number of fused-ring (bicyclic) bond motifs is 1. The highest BCUT2D eigenvalue weighted by Crippen LogP contribution is 2.38. The van der Waals surface area contributed by atoms with Crippen LogP contribution in [0.15, 0.2) is 12.1 Å². The maximum absolute atomic E-state index is 12.7. The summed E-state index contributed by atoms with van der Waals surface area (Å²) in [5.41, 5.74) is 0.524. The van der Waals surface area contributed by atoms with Crippen LogP contribution >= 0.6 is 0 Å². The zero-order chi connectivity index (χ0) is 18.5. The number of carbonyl (C=O) groups is 1. The predicted molar refractivity (Wildman–Crippen MR) is 100 cm³/mol. The Labute approximate surface area is 155 Å². The van der Waals surface area contributed by atoms with Crippen LogP contribution in [-0.4, -0.2) is 57.8 Å². The van der Waals surface area contributed by atoms with Crippen molar-refractivity contribution in [2.75, 3.05) is 41.0 Å². The number of benzene rings is 1. The van der Waals surface area contributed by atoms with Crippen molar-refractivity contribution in [1.82, 2.24) is 10.2 Å². The third-order valence-electron chi connectivity index (χ3n) is 5.68. The quantitative estimate of drug-likeness (QED) is 0.843. The zero-order valence-electron chi connectivity index (χ0n) is 16.0. The Balaban J connectivity index is 1.68. The fraction of sp³-hybridized carbons (Fsp3) is 0.650. The first kappa shape index (κ1) is 18.8. The van der Waals surface area contributed by atoms with Crippen molar-refractivity contribution in [2.45, 2.75) is 38.1 Å². The molecule has 0 saturated carbocycles. The molecule has 1 aromatic rings. The van der Waals surface area contributed by atoms with E-state index >= 15 is 0 Å². The van der Waals surface area contributed by atoms with Crippen LogP contribution < -0.4 is 19.5 Å². The fourth-order valence-corrected chi connectivity index (χ4v) is 4.35. The van der Waals surface area contributed by atoms with Crippen molar-refractivity contribution < 1.29 is 19.0 Å². The van der Waals surface area contributed by atoms with E-state index < -0.39 is 0 Å². The summed E-state index contributed by atoms with van der Waals surface area (Å²) in [5, 5.41) is 3.12. The lowest BCUT2D eigenvalue weighted by Gasteiger charge is -2.44. The first-order valence-corrected chi connectivity index (χ1v) is 9.50. The molecule has 0 unspecified atom stereocenters. The van der Waals surface area contributed by atoms with Crippen LogP contribution in [-0.2, 0) is 0 Å². The molecule has 3 rings (SSSR count). The minimum absolute atomic E-state index is 0.0998. The van der Waals surface area contributed by atoms with E-state index in [0.717, 1.165) is 6.54 Å². The molecule has 0 spiro atoms. The standard InChI is InChI=1S/C20H30N2O4/c1-24-17-11-15(12-18(25-2)19(17)26-3)20(23)21-13-14-7-6-10-22-9-5-4-8-16(14)22/h11-12,14,16H,4-10,13H2,1-3H3,(H,21,23)/t14-,16+/m1/s1. The summed E-state index contributed by atoms with van der Waals surface area (Å²) < 4.78 is 16.0. The average Bonchev–Trinajstić information content (AvgIpc) is 2.70. The molecule has 1 amide bonds. The Bertz CT molecular complexity index is 607. The van der Waals surface area contributed by atoms with E-state index in [2.05, 4.69) is 10.2 Å². The molecule has 1 aromatic carbocycles. The molecule has 0 aromatic heterocycles. The molecule has 26 heavy (non-hydrogen) atoms. The lowest BCUT2D eigenvalue weighted by atomic mass is 9.83. The number of hydrogen-bond acceptors (Lipinski definition) is 5. The van der Waals surface area contributed by atoms with Gasteiger partial charge in [-0.05, 0) is 56.8 Å². The highest BCUT2D eigenvalue weighted by molar-refractivity contribution is 5.95. The summed E-state index contributed by atoms with van der Waals surface area (Å²) in [4.78, 5) is 15.3. The molecule has 0 bridgehead atoms. The van der Waals surface area contributed by atoms with Gasteiger partial charge in [0.2, 0.25) is 5.75 Å². The van der Waals surface area contributed by atoms with Gasteiger partial charge in [0.25, 0.3) is 5.91 Å². The third kappa shape index (κ3) is 3.90. The first-order chi connectivity index (χ1) is 12.7. The molecule has 144 valence electrons. The number of nitrogens with one attached hydrogen (secondary N) is 1. The maximum Gasteiger partial charge on any atom is 0.251 e. The Hall–Kier alpha value is -1.95. The van der Waals surface area contributed by atoms with Gasteiger partial charge in [0.15, 0.2) is 11.5 Å². The molecule has 1 N–H and O–H groups in total. The SMILES string of the molecule is COc1cc(C(=O)NC[C@H]2CCCN3CCCC[C@@H]23)cc(OC)c1OC. The van der Waals surface area contributed by atoms with Crippen LogP contribution in [0.4, 0.5) is 0 Å². The summed E-state index contributed by atoms with van der Waals surface area (Å²) >= 11 is 0. The monoisotopic (exact) mass is 362 g/mol. The largest absolute Gasteiger partial charge is 0.493 e. The van der Waals surface area contributed by atoms with Crippen LogP contribution in [0.5, 0.6) is 17.2 Å². The van der Waals surface area contributed by atoms with E-state index in [1.807, 2.05) is 0 Å². The fourth-order valence-electron chi connectivity index (χ4n) is 4.35. The number of carbonyl (C=O) groups excluding carboxylic acids is 1. The first-order valence-electron chi connectivity index (χ1n) is 9.50. The van der Waals surface area contributed by atoms with Crippen molar-refractivity contribution in [2.24, 2.45) is 5.92 Å². The van der Waals surface area contributed by atoms with E-state index in [4.69, 9.17) is 14.2 Å². The van der Waals surface area contributed by atoms with Crippen LogP contribution in [0.25, 0.3) is 0 Å². The molecule has 2 aliphatic rings. The number of ether oxygens (including phenoxy) is 3. The molecular formula is C20H30N2O4. The minimum atomic E-state index is -0.0998. The summed E-state index contributed by atoms with van der Waals surface area (Å²) in [6, 6.07) is 4.02. The predicted octanol–water partition coefficient (Wildman–Crippen LogP) is 2.71. The molecule has 2 fully saturated rings. The molecule has 2 atom stereocenters. The lowest BCUT2D eigenvalue weighted by molar-refractivity contribution is 0.0575. The van der Waals surface area contributed by atoms with Gasteiger partial charge in [-0.25, -0.2) is 0 Å². The van der Waals surface area contributed by atoms with Gasteiger partial charge < -0.3 is 24.4 Å². The van der Waals surface area contributed by atoms with E-state index in [1.54, 1.807) is 33.5 Å². The number of rotatable bonds is 6. The number of piperidine rings is 2. The summed E-state index contributed by atoms with van der Waals surface area (Å²) in [7, 11) is 4.66. The second-order valence-electron chi connectivity index (χ2n) is 7.13. The molecule has 2 heterocycles. The maximum atomic E-state index is 12.7. The van der Waals surface area contributed by atoms with Gasteiger partial charge in [0, 0.05) is 18.2 Å². The van der Waals surface area contributed by atoms with Crippen molar-refractivity contribution >= 4 is 5.91 Å². The molecule has 2 aliphatic heterocycles. The van der Waals surface area contributed by atoms with Crippen LogP contribution in [0.3, 0.4) is 0 Å². The Morgan fingerprint density at radius 1 is 1.04 bits per heavy atom. The van der Waals surface area contributed by atoms with E-state index in [9.17, 15) is 4.79 Å². The minimum Gasteiger partial charge on any atom is -0.493 e. The van der Waals surface area contributed by atoms with E-state index in [-0.39, 0.29) is 5.91 Å². The smallest absolute Gasteiger partial charge is 0.251 e. The van der Waals surface area contributed by atoms with Crippen LogP contribution in [0.2, 0.25) is 0 Å². The average molecular weight is 362 g/mol. The van der Waals surface area contributed by atoms with Gasteiger partial charge in [0.1, 0.15) is 0 Å². The second kappa shape index (κ2) is 8.62. The van der Waals surface area contributed by atoms with Gasteiger partial charge in [-0.3, -0.25) is 4.79 Å². The lowest BCUT2D eigenvalue weighted by Crippen LogP contribution is -2.51. The number of nitrogens with zero attached hydrogens (tertiary/aromatic N) is 1. The van der Waals surface area contributed by atoms with Crippen LogP contribution in [0, 0.1) is 5.92 Å². The number of hydrogen-bond donors (Lipinski definition) is 1. The van der Waals surface area contributed by atoms with Crippen molar-refractivity contribution in [3.8, 4) is 17.2 Å². The third-order valence-corrected chi connectivity index (χ3v) is 5.68. The molecule has 2 saturated heterocycles. The highest BCUT2D eigenvalue weighted by atomic mass is 16.5. The van der Waals surface area contributed by atoms with Gasteiger partial charge in [-0.1, -0.05) is 6.42 Å². The zero-order valence-corrected chi connectivity index (χ0v) is 16.0. The Morgan fingerprint density at radius 2 is 1.73 bits per heavy atom. The molecule has 6 nitrogen and oxygen atoms in total. The van der Waals surface area contributed by atoms with Gasteiger partial charge in [-0.15, -0.1) is 0 Å². The summed E-state index contributed by atoms with van der Waals surface area (Å²) in [6.07, 6.45) is 6.28. The van der Waals surface area contributed by atoms with Crippen LogP contribution in [0.1, 0.15) is 42.5 Å². The van der Waals surface area contributed by atoms with E-state index in [1.165, 1.54) is 45.2 Å². The second-order valence-corrected chi connectivity index (χ2v) is 7.13. The molecular weight excluding hydrogens is 332 g/mol. The number of amides is 1. The summed E-state index contributed by atoms with van der Waals surface area (Å²) in [5.74, 6) is 1.92. The Kier molecular flexibility index (Phi) is 6.25. The number of methoxy groups -OCH3 is 3. The van der Waals surface area contributed by atoms with Crippen molar-refractivity contribution in [3.63, 3.8) is 0 Å². The van der Waals surface area contributed by atoms with Crippen molar-refractivity contribution in [3.05, 3.63) is 17.7 Å². The van der Waals surface area contributed by atoms with E-state index in [0.29, 0.717) is 34.8 Å². The Morgan fingerprint density at radius 3 is 2.38 bits per heavy atom. The van der Waals surface area contributed by atoms with Gasteiger partial charge >= 0.3 is 0 Å². The molecule has 6 heteroatoms.